The van der Waals surface area contributed by atoms with Crippen molar-refractivity contribution in [3.63, 3.8) is 0 Å². The number of rotatable bonds is 7. The minimum atomic E-state index is 0.131. The molecule has 1 atom stereocenters. The smallest absolute Gasteiger partial charge is 0.0556 e. The average molecular weight is 162 g/mol. The van der Waals surface area contributed by atoms with E-state index in [0.29, 0.717) is 19.5 Å². The Labute approximate surface area is 67.4 Å². The van der Waals surface area contributed by atoms with Gasteiger partial charge in [-0.2, -0.15) is 0 Å². The van der Waals surface area contributed by atoms with Crippen LogP contribution in [0, 0.1) is 0 Å². The molecule has 0 bridgehead atoms. The molecule has 11 heavy (non-hydrogen) atoms. The van der Waals surface area contributed by atoms with E-state index in [-0.39, 0.29) is 19.3 Å². The largest absolute Gasteiger partial charge is 0.396 e. The summed E-state index contributed by atoms with van der Waals surface area (Å²) in [5, 5.41) is 20.2. The second-order valence-electron chi connectivity index (χ2n) is 2.46. The number of nitrogens with two attached hydrogens (primary N) is 1. The van der Waals surface area contributed by atoms with Crippen LogP contribution < -0.4 is 11.1 Å². The monoisotopic (exact) mass is 162 g/mol. The Morgan fingerprint density at radius 1 is 1.18 bits per heavy atom. The first-order valence-corrected chi connectivity index (χ1v) is 4.00. The number of nitrogens with one attached hydrogen (secondary N) is 1. The van der Waals surface area contributed by atoms with Crippen molar-refractivity contribution in [2.24, 2.45) is 5.73 Å². The van der Waals surface area contributed by atoms with Gasteiger partial charge in [0.15, 0.2) is 0 Å². The molecule has 0 rings (SSSR count). The lowest BCUT2D eigenvalue weighted by atomic mass is 10.1. The summed E-state index contributed by atoms with van der Waals surface area (Å²) in [6.07, 6.45) is 1.55. The van der Waals surface area contributed by atoms with E-state index in [1.54, 1.807) is 0 Å². The average Bonchev–Trinajstić information content (AvgIpc) is 2.01. The Balaban J connectivity index is 3.34. The SMILES string of the molecule is NCCC(CCO)NCCO. The quantitative estimate of drug-likeness (QED) is 0.374. The van der Waals surface area contributed by atoms with Gasteiger partial charge in [0, 0.05) is 19.2 Å². The molecule has 0 aliphatic heterocycles. The molecule has 0 aromatic rings. The maximum absolute atomic E-state index is 8.62. The molecule has 5 N–H and O–H groups in total. The van der Waals surface area contributed by atoms with Crippen molar-refractivity contribution in [3.8, 4) is 0 Å². The fraction of sp³-hybridized carbons (Fsp3) is 1.00. The minimum Gasteiger partial charge on any atom is -0.396 e. The van der Waals surface area contributed by atoms with Crippen LogP contribution in [0.2, 0.25) is 0 Å². The molecule has 0 saturated heterocycles. The summed E-state index contributed by atoms with van der Waals surface area (Å²) in [7, 11) is 0. The van der Waals surface area contributed by atoms with E-state index < -0.39 is 0 Å². The summed E-state index contributed by atoms with van der Waals surface area (Å²) in [4.78, 5) is 0. The third kappa shape index (κ3) is 6.25. The third-order valence-electron chi connectivity index (χ3n) is 1.54. The van der Waals surface area contributed by atoms with Gasteiger partial charge in [-0.1, -0.05) is 0 Å². The third-order valence-corrected chi connectivity index (χ3v) is 1.54. The first-order valence-electron chi connectivity index (χ1n) is 4.00. The molecule has 1 unspecified atom stereocenters. The van der Waals surface area contributed by atoms with E-state index >= 15 is 0 Å². The number of aliphatic hydroxyl groups is 2. The molecule has 0 aliphatic rings. The molecule has 68 valence electrons. The highest BCUT2D eigenvalue weighted by Crippen LogP contribution is 1.94. The molecular formula is C7H18N2O2. The van der Waals surface area contributed by atoms with Crippen molar-refractivity contribution in [1.29, 1.82) is 0 Å². The van der Waals surface area contributed by atoms with Gasteiger partial charge in [-0.25, -0.2) is 0 Å². The van der Waals surface area contributed by atoms with Crippen LogP contribution in [0.4, 0.5) is 0 Å². The fourth-order valence-electron chi connectivity index (χ4n) is 0.974. The van der Waals surface area contributed by atoms with E-state index in [9.17, 15) is 0 Å². The molecular weight excluding hydrogens is 144 g/mol. The molecule has 0 amide bonds. The van der Waals surface area contributed by atoms with Gasteiger partial charge in [0.25, 0.3) is 0 Å². The maximum Gasteiger partial charge on any atom is 0.0556 e. The Morgan fingerprint density at radius 2 is 1.91 bits per heavy atom. The predicted octanol–water partition coefficient (Wildman–Crippen LogP) is -1.33. The second-order valence-corrected chi connectivity index (χ2v) is 2.46. The summed E-state index contributed by atoms with van der Waals surface area (Å²) in [6, 6.07) is 0.247. The normalized spacial score (nSPS) is 13.4. The molecule has 4 heteroatoms. The molecule has 4 nitrogen and oxygen atoms in total. The van der Waals surface area contributed by atoms with E-state index in [0.717, 1.165) is 6.42 Å². The van der Waals surface area contributed by atoms with Crippen molar-refractivity contribution in [1.82, 2.24) is 5.32 Å². The van der Waals surface area contributed by atoms with E-state index in [1.165, 1.54) is 0 Å². The zero-order chi connectivity index (χ0) is 8.53. The van der Waals surface area contributed by atoms with Crippen LogP contribution in [0.15, 0.2) is 0 Å². The number of hydrogen-bond donors (Lipinski definition) is 4. The van der Waals surface area contributed by atoms with Crippen molar-refractivity contribution < 1.29 is 10.2 Å². The van der Waals surface area contributed by atoms with Crippen molar-refractivity contribution in [2.75, 3.05) is 26.3 Å². The fourth-order valence-corrected chi connectivity index (χ4v) is 0.974. The van der Waals surface area contributed by atoms with Crippen molar-refractivity contribution >= 4 is 0 Å². The van der Waals surface area contributed by atoms with E-state index in [2.05, 4.69) is 5.32 Å². The van der Waals surface area contributed by atoms with Gasteiger partial charge in [-0.15, -0.1) is 0 Å². The van der Waals surface area contributed by atoms with E-state index in [4.69, 9.17) is 15.9 Å². The first-order chi connectivity index (χ1) is 5.35. The van der Waals surface area contributed by atoms with Crippen LogP contribution in [0.3, 0.4) is 0 Å². The topological polar surface area (TPSA) is 78.5 Å². The molecule has 0 radical (unpaired) electrons. The Morgan fingerprint density at radius 3 is 2.36 bits per heavy atom. The highest BCUT2D eigenvalue weighted by molar-refractivity contribution is 4.66. The van der Waals surface area contributed by atoms with Gasteiger partial charge in [-0.05, 0) is 19.4 Å². The number of hydrogen-bond acceptors (Lipinski definition) is 4. The zero-order valence-electron chi connectivity index (χ0n) is 6.79. The number of aliphatic hydroxyl groups excluding tert-OH is 2. The van der Waals surface area contributed by atoms with Crippen molar-refractivity contribution in [2.45, 2.75) is 18.9 Å². The highest BCUT2D eigenvalue weighted by Gasteiger charge is 2.04. The summed E-state index contributed by atoms with van der Waals surface area (Å²) in [6.45, 7) is 1.49. The van der Waals surface area contributed by atoms with Gasteiger partial charge in [0.2, 0.25) is 0 Å². The Hall–Kier alpha value is -0.160. The molecule has 0 heterocycles. The predicted molar refractivity (Wildman–Crippen MR) is 44.3 cm³/mol. The summed E-state index contributed by atoms with van der Waals surface area (Å²) in [5.41, 5.74) is 5.35. The van der Waals surface area contributed by atoms with Crippen LogP contribution in [0.1, 0.15) is 12.8 Å². The Bertz CT molecular complexity index is 74.8. The lowest BCUT2D eigenvalue weighted by Crippen LogP contribution is -2.34. The van der Waals surface area contributed by atoms with Crippen LogP contribution in [-0.2, 0) is 0 Å². The first kappa shape index (κ1) is 10.8. The molecule has 0 aromatic heterocycles. The van der Waals surface area contributed by atoms with Crippen LogP contribution in [-0.4, -0.2) is 42.6 Å². The lowest BCUT2D eigenvalue weighted by Gasteiger charge is -2.15. The molecule has 0 aromatic carbocycles. The van der Waals surface area contributed by atoms with Crippen molar-refractivity contribution in [3.05, 3.63) is 0 Å². The van der Waals surface area contributed by atoms with Gasteiger partial charge >= 0.3 is 0 Å². The van der Waals surface area contributed by atoms with Crippen LogP contribution in [0.25, 0.3) is 0 Å². The molecule has 0 aliphatic carbocycles. The van der Waals surface area contributed by atoms with Gasteiger partial charge < -0.3 is 21.3 Å². The molecule has 0 fully saturated rings. The molecule has 0 spiro atoms. The summed E-state index contributed by atoms with van der Waals surface area (Å²) in [5.74, 6) is 0. The van der Waals surface area contributed by atoms with Gasteiger partial charge in [0.1, 0.15) is 0 Å². The lowest BCUT2D eigenvalue weighted by molar-refractivity contribution is 0.245. The highest BCUT2D eigenvalue weighted by atomic mass is 16.3. The standard InChI is InChI=1S/C7H18N2O2/c8-3-1-7(2-5-10)9-4-6-11/h7,9-11H,1-6,8H2. The maximum atomic E-state index is 8.62. The molecule has 0 saturated carbocycles. The van der Waals surface area contributed by atoms with Crippen LogP contribution >= 0.6 is 0 Å². The summed E-state index contributed by atoms with van der Waals surface area (Å²) >= 11 is 0. The van der Waals surface area contributed by atoms with Gasteiger partial charge in [0.05, 0.1) is 6.61 Å². The second kappa shape index (κ2) is 7.94. The zero-order valence-corrected chi connectivity index (χ0v) is 6.79. The van der Waals surface area contributed by atoms with Crippen LogP contribution in [0.5, 0.6) is 0 Å². The van der Waals surface area contributed by atoms with E-state index in [1.807, 2.05) is 0 Å². The minimum absolute atomic E-state index is 0.131. The Kier molecular flexibility index (Phi) is 7.83. The summed E-state index contributed by atoms with van der Waals surface area (Å²) < 4.78 is 0. The van der Waals surface area contributed by atoms with Gasteiger partial charge in [-0.3, -0.25) is 0 Å².